The smallest absolute Gasteiger partial charge is 0.409 e. The molecule has 1 atom stereocenters. The van der Waals surface area contributed by atoms with E-state index in [-0.39, 0.29) is 12.0 Å². The van der Waals surface area contributed by atoms with Crippen LogP contribution in [-0.4, -0.2) is 30.7 Å². The predicted octanol–water partition coefficient (Wildman–Crippen LogP) is 4.44. The van der Waals surface area contributed by atoms with Gasteiger partial charge < -0.3 is 9.64 Å². The van der Waals surface area contributed by atoms with Crippen molar-refractivity contribution in [3.8, 4) is 11.1 Å². The van der Waals surface area contributed by atoms with Gasteiger partial charge in [0.25, 0.3) is 0 Å². The van der Waals surface area contributed by atoms with E-state index in [1.54, 1.807) is 4.90 Å². The highest BCUT2D eigenvalue weighted by Gasteiger charge is 2.31. The van der Waals surface area contributed by atoms with Gasteiger partial charge >= 0.3 is 6.09 Å². The van der Waals surface area contributed by atoms with Crippen LogP contribution in [0.15, 0.2) is 61.2 Å². The summed E-state index contributed by atoms with van der Waals surface area (Å²) in [4.78, 5) is 14.1. The van der Waals surface area contributed by atoms with Gasteiger partial charge in [-0.15, -0.1) is 6.58 Å². The van der Waals surface area contributed by atoms with E-state index in [0.717, 1.165) is 19.5 Å². The van der Waals surface area contributed by atoms with Gasteiger partial charge in [0.05, 0.1) is 0 Å². The van der Waals surface area contributed by atoms with Gasteiger partial charge in [-0.25, -0.2) is 4.79 Å². The van der Waals surface area contributed by atoms with Crippen molar-refractivity contribution < 1.29 is 9.53 Å². The molecule has 0 aromatic heterocycles. The molecule has 4 rings (SSSR count). The summed E-state index contributed by atoms with van der Waals surface area (Å²) in [5.74, 6) is 0.518. The Hall–Kier alpha value is -2.55. The molecule has 1 heterocycles. The predicted molar refractivity (Wildman–Crippen MR) is 94.9 cm³/mol. The minimum Gasteiger partial charge on any atom is -0.448 e. The van der Waals surface area contributed by atoms with Gasteiger partial charge in [-0.3, -0.25) is 0 Å². The van der Waals surface area contributed by atoms with Crippen molar-refractivity contribution in [3.05, 3.63) is 72.3 Å². The zero-order valence-corrected chi connectivity index (χ0v) is 13.7. The first-order valence-corrected chi connectivity index (χ1v) is 8.50. The zero-order valence-electron chi connectivity index (χ0n) is 13.7. The van der Waals surface area contributed by atoms with E-state index >= 15 is 0 Å². The third-order valence-corrected chi connectivity index (χ3v) is 5.15. The highest BCUT2D eigenvalue weighted by Crippen LogP contribution is 2.44. The second-order valence-electron chi connectivity index (χ2n) is 6.53. The van der Waals surface area contributed by atoms with Crippen molar-refractivity contribution in [2.45, 2.75) is 12.3 Å². The standard InChI is InChI=1S/C21H21NO2/c1-2-15-11-12-22(13-15)21(23)24-14-20-18-9-5-3-7-16(18)17-8-4-6-10-19(17)20/h2-10,15,20H,1,11-14H2/t15-/m1/s1. The lowest BCUT2D eigenvalue weighted by atomic mass is 9.98. The van der Waals surface area contributed by atoms with E-state index in [1.807, 2.05) is 6.08 Å². The first-order chi connectivity index (χ1) is 11.8. The van der Waals surface area contributed by atoms with Gasteiger partial charge in [-0.2, -0.15) is 0 Å². The monoisotopic (exact) mass is 319 g/mol. The normalized spacial score (nSPS) is 19.0. The second kappa shape index (κ2) is 6.16. The van der Waals surface area contributed by atoms with Crippen LogP contribution in [0.3, 0.4) is 0 Å². The Balaban J connectivity index is 1.51. The highest BCUT2D eigenvalue weighted by molar-refractivity contribution is 5.79. The third-order valence-electron chi connectivity index (χ3n) is 5.15. The van der Waals surface area contributed by atoms with Crippen LogP contribution in [-0.2, 0) is 4.74 Å². The molecule has 1 fully saturated rings. The lowest BCUT2D eigenvalue weighted by molar-refractivity contribution is 0.107. The van der Waals surface area contributed by atoms with E-state index in [0.29, 0.717) is 12.5 Å². The van der Waals surface area contributed by atoms with E-state index in [1.165, 1.54) is 22.3 Å². The van der Waals surface area contributed by atoms with Gasteiger partial charge in [0.1, 0.15) is 6.61 Å². The Morgan fingerprint density at radius 3 is 2.33 bits per heavy atom. The fourth-order valence-electron chi connectivity index (χ4n) is 3.83. The molecular weight excluding hydrogens is 298 g/mol. The number of fused-ring (bicyclic) bond motifs is 3. The molecule has 0 saturated carbocycles. The molecule has 1 aliphatic heterocycles. The minimum absolute atomic E-state index is 0.124. The fourth-order valence-corrected chi connectivity index (χ4v) is 3.83. The topological polar surface area (TPSA) is 29.5 Å². The number of ether oxygens (including phenoxy) is 1. The number of likely N-dealkylation sites (tertiary alicyclic amines) is 1. The van der Waals surface area contributed by atoms with Crippen molar-refractivity contribution in [3.63, 3.8) is 0 Å². The molecule has 0 radical (unpaired) electrons. The van der Waals surface area contributed by atoms with E-state index in [4.69, 9.17) is 4.74 Å². The van der Waals surface area contributed by atoms with E-state index in [2.05, 4.69) is 55.1 Å². The average molecular weight is 319 g/mol. The van der Waals surface area contributed by atoms with Crippen molar-refractivity contribution >= 4 is 6.09 Å². The molecule has 0 bridgehead atoms. The Kier molecular flexibility index (Phi) is 3.85. The SMILES string of the molecule is C=C[C@@H]1CCN(C(=O)OCC2c3ccccc3-c3ccccc32)C1. The molecule has 24 heavy (non-hydrogen) atoms. The summed E-state index contributed by atoms with van der Waals surface area (Å²) in [7, 11) is 0. The number of benzene rings is 2. The van der Waals surface area contributed by atoms with E-state index in [9.17, 15) is 4.79 Å². The van der Waals surface area contributed by atoms with Crippen molar-refractivity contribution in [2.75, 3.05) is 19.7 Å². The van der Waals surface area contributed by atoms with Crippen LogP contribution < -0.4 is 0 Å². The van der Waals surface area contributed by atoms with Crippen LogP contribution in [0.2, 0.25) is 0 Å². The van der Waals surface area contributed by atoms with Crippen LogP contribution in [0.5, 0.6) is 0 Å². The van der Waals surface area contributed by atoms with Gasteiger partial charge in [0.2, 0.25) is 0 Å². The molecule has 3 heteroatoms. The van der Waals surface area contributed by atoms with Crippen LogP contribution in [0, 0.1) is 5.92 Å². The maximum atomic E-state index is 12.4. The summed E-state index contributed by atoms with van der Waals surface area (Å²) in [6.07, 6.45) is 2.70. The molecule has 1 aliphatic carbocycles. The molecule has 1 amide bonds. The average Bonchev–Trinajstić information content (AvgIpc) is 3.23. The first kappa shape index (κ1) is 15.0. The minimum atomic E-state index is -0.207. The number of rotatable bonds is 3. The molecule has 2 aromatic rings. The lowest BCUT2D eigenvalue weighted by Gasteiger charge is -2.19. The van der Waals surface area contributed by atoms with Crippen LogP contribution in [0.1, 0.15) is 23.5 Å². The number of nitrogens with zero attached hydrogens (tertiary/aromatic N) is 1. The fraction of sp³-hybridized carbons (Fsp3) is 0.286. The Morgan fingerprint density at radius 1 is 1.12 bits per heavy atom. The number of carbonyl (C=O) groups excluding carboxylic acids is 1. The summed E-state index contributed by atoms with van der Waals surface area (Å²) in [5.41, 5.74) is 5.00. The Bertz CT molecular complexity index is 737. The van der Waals surface area contributed by atoms with Crippen LogP contribution in [0.25, 0.3) is 11.1 Å². The molecule has 2 aromatic carbocycles. The number of carbonyl (C=O) groups is 1. The molecule has 3 nitrogen and oxygen atoms in total. The quantitative estimate of drug-likeness (QED) is 0.783. The third kappa shape index (κ3) is 2.50. The van der Waals surface area contributed by atoms with Crippen molar-refractivity contribution in [2.24, 2.45) is 5.92 Å². The van der Waals surface area contributed by atoms with Crippen molar-refractivity contribution in [1.29, 1.82) is 0 Å². The highest BCUT2D eigenvalue weighted by atomic mass is 16.6. The zero-order chi connectivity index (χ0) is 16.5. The summed E-state index contributed by atoms with van der Waals surface area (Å²) in [5, 5.41) is 0. The molecule has 0 spiro atoms. The Labute approximate surface area is 142 Å². The summed E-state index contributed by atoms with van der Waals surface area (Å²) >= 11 is 0. The lowest BCUT2D eigenvalue weighted by Crippen LogP contribution is -2.30. The molecule has 0 unspecified atom stereocenters. The maximum absolute atomic E-state index is 12.4. The van der Waals surface area contributed by atoms with Crippen molar-refractivity contribution in [1.82, 2.24) is 4.90 Å². The second-order valence-corrected chi connectivity index (χ2v) is 6.53. The van der Waals surface area contributed by atoms with Crippen LogP contribution >= 0.6 is 0 Å². The number of hydrogen-bond donors (Lipinski definition) is 0. The maximum Gasteiger partial charge on any atom is 0.409 e. The molecular formula is C21H21NO2. The van der Waals surface area contributed by atoms with Gasteiger partial charge in [0.15, 0.2) is 0 Å². The molecule has 1 saturated heterocycles. The van der Waals surface area contributed by atoms with Gasteiger partial charge in [-0.05, 0) is 34.6 Å². The summed E-state index contributed by atoms with van der Waals surface area (Å²) in [6.45, 7) is 5.69. The molecule has 122 valence electrons. The van der Waals surface area contributed by atoms with Crippen LogP contribution in [0.4, 0.5) is 4.79 Å². The Morgan fingerprint density at radius 2 is 1.75 bits per heavy atom. The molecule has 0 N–H and O–H groups in total. The molecule has 2 aliphatic rings. The van der Waals surface area contributed by atoms with Gasteiger partial charge in [0, 0.05) is 19.0 Å². The first-order valence-electron chi connectivity index (χ1n) is 8.50. The number of amides is 1. The summed E-state index contributed by atoms with van der Waals surface area (Å²) < 4.78 is 5.67. The summed E-state index contributed by atoms with van der Waals surface area (Å²) in [6, 6.07) is 16.8. The van der Waals surface area contributed by atoms with E-state index < -0.39 is 0 Å². The largest absolute Gasteiger partial charge is 0.448 e. The number of hydrogen-bond acceptors (Lipinski definition) is 2. The van der Waals surface area contributed by atoms with Gasteiger partial charge in [-0.1, -0.05) is 54.6 Å².